The summed E-state index contributed by atoms with van der Waals surface area (Å²) in [5.41, 5.74) is 3.00. The van der Waals surface area contributed by atoms with E-state index in [-0.39, 0.29) is 0 Å². The van der Waals surface area contributed by atoms with Crippen molar-refractivity contribution in [1.29, 1.82) is 0 Å². The van der Waals surface area contributed by atoms with Gasteiger partial charge >= 0.3 is 6.09 Å². The van der Waals surface area contributed by atoms with E-state index in [4.69, 9.17) is 4.74 Å². The first-order valence-corrected chi connectivity index (χ1v) is 6.25. The highest BCUT2D eigenvalue weighted by atomic mass is 16.6. The molecule has 5 heteroatoms. The molecule has 0 bridgehead atoms. The first kappa shape index (κ1) is 15.5. The molecule has 2 N–H and O–H groups in total. The van der Waals surface area contributed by atoms with Crippen molar-refractivity contribution in [2.75, 3.05) is 7.05 Å². The van der Waals surface area contributed by atoms with E-state index in [1.54, 1.807) is 27.8 Å². The van der Waals surface area contributed by atoms with Crippen LogP contribution in [-0.2, 0) is 11.2 Å². The maximum Gasteiger partial charge on any atom is 0.427 e. The van der Waals surface area contributed by atoms with Gasteiger partial charge in [-0.1, -0.05) is 30.3 Å². The topological polar surface area (TPSA) is 61.8 Å². The average Bonchev–Trinajstić information content (AvgIpc) is 2.28. The van der Waals surface area contributed by atoms with Gasteiger partial charge in [0.25, 0.3) is 0 Å². The SMILES string of the molecule is CNN(C(=O)OC(C)(C)C)C(O)Cc1ccccc1. The third-order valence-electron chi connectivity index (χ3n) is 2.39. The highest BCUT2D eigenvalue weighted by Crippen LogP contribution is 2.12. The first-order chi connectivity index (χ1) is 8.83. The van der Waals surface area contributed by atoms with Crippen LogP contribution in [0.15, 0.2) is 30.3 Å². The van der Waals surface area contributed by atoms with Crippen LogP contribution in [0.5, 0.6) is 0 Å². The number of hydrogen-bond donors (Lipinski definition) is 2. The summed E-state index contributed by atoms with van der Waals surface area (Å²) in [5.74, 6) is 0. The van der Waals surface area contributed by atoms with E-state index in [1.807, 2.05) is 30.3 Å². The van der Waals surface area contributed by atoms with Gasteiger partial charge in [0.2, 0.25) is 0 Å². The molecule has 0 fully saturated rings. The van der Waals surface area contributed by atoms with Crippen molar-refractivity contribution in [2.24, 2.45) is 0 Å². The molecule has 0 spiro atoms. The number of nitrogens with zero attached hydrogens (tertiary/aromatic N) is 1. The Kier molecular flexibility index (Phi) is 5.32. The zero-order chi connectivity index (χ0) is 14.5. The van der Waals surface area contributed by atoms with Crippen LogP contribution in [-0.4, -0.2) is 35.1 Å². The number of aliphatic hydroxyl groups excluding tert-OH is 1. The van der Waals surface area contributed by atoms with Gasteiger partial charge in [0.1, 0.15) is 5.60 Å². The van der Waals surface area contributed by atoms with Crippen LogP contribution >= 0.6 is 0 Å². The molecule has 1 aromatic rings. The van der Waals surface area contributed by atoms with E-state index in [2.05, 4.69) is 5.43 Å². The lowest BCUT2D eigenvalue weighted by molar-refractivity contribution is -0.0478. The Hall–Kier alpha value is -1.59. The van der Waals surface area contributed by atoms with E-state index in [1.165, 1.54) is 0 Å². The van der Waals surface area contributed by atoms with Crippen molar-refractivity contribution >= 4 is 6.09 Å². The molecule has 0 saturated carbocycles. The average molecular weight is 266 g/mol. The molecular weight excluding hydrogens is 244 g/mol. The molecule has 19 heavy (non-hydrogen) atoms. The number of aliphatic hydroxyl groups is 1. The van der Waals surface area contributed by atoms with Gasteiger partial charge in [-0.15, -0.1) is 0 Å². The maximum absolute atomic E-state index is 11.9. The van der Waals surface area contributed by atoms with Gasteiger partial charge in [0, 0.05) is 13.5 Å². The lowest BCUT2D eigenvalue weighted by Gasteiger charge is -2.29. The largest absolute Gasteiger partial charge is 0.443 e. The summed E-state index contributed by atoms with van der Waals surface area (Å²) >= 11 is 0. The van der Waals surface area contributed by atoms with E-state index >= 15 is 0 Å². The number of carbonyl (C=O) groups is 1. The van der Waals surface area contributed by atoms with Crippen molar-refractivity contribution in [1.82, 2.24) is 10.4 Å². The monoisotopic (exact) mass is 266 g/mol. The molecule has 1 aromatic carbocycles. The van der Waals surface area contributed by atoms with Crippen LogP contribution in [0.1, 0.15) is 26.3 Å². The number of rotatable bonds is 4. The van der Waals surface area contributed by atoms with Crippen LogP contribution in [0.25, 0.3) is 0 Å². The fourth-order valence-corrected chi connectivity index (χ4v) is 1.59. The molecule has 0 aliphatic carbocycles. The van der Waals surface area contributed by atoms with Gasteiger partial charge in [0.15, 0.2) is 6.23 Å². The Morgan fingerprint density at radius 3 is 2.42 bits per heavy atom. The van der Waals surface area contributed by atoms with Crippen molar-refractivity contribution in [3.63, 3.8) is 0 Å². The lowest BCUT2D eigenvalue weighted by atomic mass is 10.1. The summed E-state index contributed by atoms with van der Waals surface area (Å²) in [4.78, 5) is 11.9. The highest BCUT2D eigenvalue weighted by Gasteiger charge is 2.26. The number of benzene rings is 1. The summed E-state index contributed by atoms with van der Waals surface area (Å²) in [6.07, 6.45) is -1.25. The summed E-state index contributed by atoms with van der Waals surface area (Å²) < 4.78 is 5.21. The van der Waals surface area contributed by atoms with Crippen LogP contribution < -0.4 is 5.43 Å². The van der Waals surface area contributed by atoms with Crippen molar-refractivity contribution in [2.45, 2.75) is 39.0 Å². The molecule has 0 aromatic heterocycles. The van der Waals surface area contributed by atoms with Gasteiger partial charge in [-0.25, -0.2) is 15.2 Å². The molecule has 0 radical (unpaired) electrons. The second-order valence-corrected chi connectivity index (χ2v) is 5.24. The summed E-state index contributed by atoms with van der Waals surface area (Å²) in [7, 11) is 1.57. The summed E-state index contributed by atoms with van der Waals surface area (Å²) in [5, 5.41) is 11.2. The lowest BCUT2D eigenvalue weighted by Crippen LogP contribution is -2.50. The molecule has 1 atom stereocenters. The molecule has 106 valence electrons. The zero-order valence-corrected chi connectivity index (χ0v) is 11.9. The van der Waals surface area contributed by atoms with Crippen LogP contribution in [0, 0.1) is 0 Å². The minimum atomic E-state index is -0.984. The van der Waals surface area contributed by atoms with Crippen molar-refractivity contribution in [3.8, 4) is 0 Å². The highest BCUT2D eigenvalue weighted by molar-refractivity contribution is 5.67. The minimum Gasteiger partial charge on any atom is -0.443 e. The number of amides is 1. The number of hydrazine groups is 1. The Morgan fingerprint density at radius 2 is 1.95 bits per heavy atom. The molecule has 0 saturated heterocycles. The Balaban J connectivity index is 2.66. The van der Waals surface area contributed by atoms with E-state index < -0.39 is 17.9 Å². The molecule has 5 nitrogen and oxygen atoms in total. The molecule has 1 rings (SSSR count). The fourth-order valence-electron chi connectivity index (χ4n) is 1.59. The predicted molar refractivity (Wildman–Crippen MR) is 73.3 cm³/mol. The Labute approximate surface area is 114 Å². The number of nitrogens with one attached hydrogen (secondary N) is 1. The third kappa shape index (κ3) is 5.28. The van der Waals surface area contributed by atoms with E-state index in [9.17, 15) is 9.90 Å². The zero-order valence-electron chi connectivity index (χ0n) is 11.9. The maximum atomic E-state index is 11.9. The minimum absolute atomic E-state index is 0.334. The van der Waals surface area contributed by atoms with Crippen LogP contribution in [0.3, 0.4) is 0 Å². The van der Waals surface area contributed by atoms with E-state index in [0.717, 1.165) is 10.6 Å². The normalized spacial score (nSPS) is 12.9. The summed E-state index contributed by atoms with van der Waals surface area (Å²) in [6.45, 7) is 5.34. The molecule has 0 aliphatic heterocycles. The standard InChI is InChI=1S/C14H22N2O3/c1-14(2,3)19-13(18)16(15-4)12(17)10-11-8-6-5-7-9-11/h5-9,12,15,17H,10H2,1-4H3. The number of carbonyl (C=O) groups excluding carboxylic acids is 1. The Bertz CT molecular complexity index is 401. The molecule has 1 amide bonds. The Morgan fingerprint density at radius 1 is 1.37 bits per heavy atom. The molecule has 0 heterocycles. The second kappa shape index (κ2) is 6.54. The van der Waals surface area contributed by atoms with Gasteiger partial charge in [-0.05, 0) is 26.3 Å². The fraction of sp³-hybridized carbons (Fsp3) is 0.500. The van der Waals surface area contributed by atoms with Crippen molar-refractivity contribution in [3.05, 3.63) is 35.9 Å². The third-order valence-corrected chi connectivity index (χ3v) is 2.39. The van der Waals surface area contributed by atoms with Gasteiger partial charge in [-0.3, -0.25) is 0 Å². The van der Waals surface area contributed by atoms with E-state index in [0.29, 0.717) is 6.42 Å². The van der Waals surface area contributed by atoms with Gasteiger partial charge in [-0.2, -0.15) is 0 Å². The first-order valence-electron chi connectivity index (χ1n) is 6.25. The second-order valence-electron chi connectivity index (χ2n) is 5.24. The molecular formula is C14H22N2O3. The van der Waals surface area contributed by atoms with Crippen molar-refractivity contribution < 1.29 is 14.6 Å². The predicted octanol–water partition coefficient (Wildman–Crippen LogP) is 1.92. The summed E-state index contributed by atoms with van der Waals surface area (Å²) in [6, 6.07) is 9.47. The van der Waals surface area contributed by atoms with Gasteiger partial charge < -0.3 is 9.84 Å². The molecule has 1 unspecified atom stereocenters. The quantitative estimate of drug-likeness (QED) is 0.645. The van der Waals surface area contributed by atoms with Crippen LogP contribution in [0.4, 0.5) is 4.79 Å². The smallest absolute Gasteiger partial charge is 0.427 e. The van der Waals surface area contributed by atoms with Crippen LogP contribution in [0.2, 0.25) is 0 Å². The number of ether oxygens (including phenoxy) is 1. The number of hydrogen-bond acceptors (Lipinski definition) is 4. The molecule has 0 aliphatic rings. The van der Waals surface area contributed by atoms with Gasteiger partial charge in [0.05, 0.1) is 0 Å².